The predicted octanol–water partition coefficient (Wildman–Crippen LogP) is 2.72. The molecule has 0 radical (unpaired) electrons. The normalized spacial score (nSPS) is 23.6. The van der Waals surface area contributed by atoms with Crippen molar-refractivity contribution < 1.29 is 0 Å². The molecule has 2 atom stereocenters. The molecule has 1 fully saturated rings. The van der Waals surface area contributed by atoms with Gasteiger partial charge in [-0.25, -0.2) is 4.98 Å². The first-order valence-corrected chi connectivity index (χ1v) is 8.96. The van der Waals surface area contributed by atoms with Crippen LogP contribution in [0.2, 0.25) is 0 Å². The monoisotopic (exact) mass is 323 g/mol. The van der Waals surface area contributed by atoms with Gasteiger partial charge >= 0.3 is 0 Å². The number of hydrogen-bond donors (Lipinski definition) is 2. The van der Waals surface area contributed by atoms with Gasteiger partial charge in [-0.2, -0.15) is 4.98 Å². The summed E-state index contributed by atoms with van der Waals surface area (Å²) in [5, 5.41) is 3.46. The Bertz CT molecular complexity index is 702. The topological polar surface area (TPSA) is 67.1 Å². The van der Waals surface area contributed by atoms with Crippen LogP contribution in [0, 0.1) is 0 Å². The average Bonchev–Trinajstić information content (AvgIpc) is 2.63. The van der Waals surface area contributed by atoms with E-state index in [0.29, 0.717) is 5.95 Å². The van der Waals surface area contributed by atoms with Crippen LogP contribution in [0.15, 0.2) is 36.5 Å². The molecule has 4 rings (SSSR count). The number of rotatable bonds is 3. The molecule has 1 aliphatic carbocycles. The Morgan fingerprint density at radius 2 is 1.92 bits per heavy atom. The quantitative estimate of drug-likeness (QED) is 0.909. The summed E-state index contributed by atoms with van der Waals surface area (Å²) < 4.78 is 0. The highest BCUT2D eigenvalue weighted by atomic mass is 15.2. The fraction of sp³-hybridized carbons (Fsp3) is 0.474. The van der Waals surface area contributed by atoms with E-state index in [0.717, 1.165) is 38.2 Å². The van der Waals surface area contributed by atoms with Crippen LogP contribution in [-0.2, 0) is 13.0 Å². The number of anilines is 2. The van der Waals surface area contributed by atoms with Crippen LogP contribution >= 0.6 is 0 Å². The molecule has 2 unspecified atom stereocenters. The van der Waals surface area contributed by atoms with Gasteiger partial charge in [0.1, 0.15) is 5.82 Å². The van der Waals surface area contributed by atoms with Gasteiger partial charge in [-0.1, -0.05) is 37.1 Å². The first kappa shape index (κ1) is 15.4. The zero-order valence-corrected chi connectivity index (χ0v) is 14.0. The van der Waals surface area contributed by atoms with Crippen LogP contribution in [-0.4, -0.2) is 28.6 Å². The van der Waals surface area contributed by atoms with Crippen molar-refractivity contribution >= 4 is 11.8 Å². The summed E-state index contributed by atoms with van der Waals surface area (Å²) in [6.45, 7) is 1.91. The summed E-state index contributed by atoms with van der Waals surface area (Å²) in [4.78, 5) is 11.5. The maximum Gasteiger partial charge on any atom is 0.224 e. The number of nitrogens with one attached hydrogen (secondary N) is 1. The van der Waals surface area contributed by atoms with Gasteiger partial charge in [0, 0.05) is 31.4 Å². The Morgan fingerprint density at radius 3 is 2.79 bits per heavy atom. The van der Waals surface area contributed by atoms with Crippen LogP contribution in [0.5, 0.6) is 0 Å². The Balaban J connectivity index is 1.49. The third kappa shape index (κ3) is 3.22. The lowest BCUT2D eigenvalue weighted by Crippen LogP contribution is -2.43. The van der Waals surface area contributed by atoms with Crippen molar-refractivity contribution in [3.8, 4) is 0 Å². The summed E-state index contributed by atoms with van der Waals surface area (Å²) in [6.07, 6.45) is 7.56. The molecule has 3 N–H and O–H groups in total. The van der Waals surface area contributed by atoms with Gasteiger partial charge in [0.25, 0.3) is 0 Å². The van der Waals surface area contributed by atoms with Crippen LogP contribution in [0.4, 0.5) is 11.8 Å². The number of nitrogens with zero attached hydrogens (tertiary/aromatic N) is 3. The molecule has 0 spiro atoms. The molecule has 0 saturated heterocycles. The van der Waals surface area contributed by atoms with Gasteiger partial charge in [-0.3, -0.25) is 0 Å². The summed E-state index contributed by atoms with van der Waals surface area (Å²) >= 11 is 0. The highest BCUT2D eigenvalue weighted by Gasteiger charge is 2.23. The van der Waals surface area contributed by atoms with E-state index < -0.39 is 0 Å². The second-order valence-corrected chi connectivity index (χ2v) is 6.88. The molecule has 0 amide bonds. The first-order chi connectivity index (χ1) is 11.8. The molecule has 0 bridgehead atoms. The van der Waals surface area contributed by atoms with E-state index in [1.165, 1.54) is 24.0 Å². The Morgan fingerprint density at radius 1 is 1.08 bits per heavy atom. The van der Waals surface area contributed by atoms with Crippen LogP contribution in [0.1, 0.15) is 36.8 Å². The lowest BCUT2D eigenvalue weighted by molar-refractivity contribution is 0.402. The summed E-state index contributed by atoms with van der Waals surface area (Å²) in [5.74, 6) is 1.69. The largest absolute Gasteiger partial charge is 0.352 e. The van der Waals surface area contributed by atoms with E-state index >= 15 is 0 Å². The lowest BCUT2D eigenvalue weighted by atomic mass is 9.91. The van der Waals surface area contributed by atoms with E-state index in [1.807, 2.05) is 12.3 Å². The summed E-state index contributed by atoms with van der Waals surface area (Å²) in [5.41, 5.74) is 9.08. The number of hydrogen-bond acceptors (Lipinski definition) is 5. The summed E-state index contributed by atoms with van der Waals surface area (Å²) in [7, 11) is 0. The summed E-state index contributed by atoms with van der Waals surface area (Å²) in [6, 6.07) is 11.2. The molecule has 5 heteroatoms. The van der Waals surface area contributed by atoms with Crippen LogP contribution in [0.3, 0.4) is 0 Å². The van der Waals surface area contributed by atoms with Crippen molar-refractivity contribution in [2.45, 2.75) is 50.7 Å². The third-order valence-corrected chi connectivity index (χ3v) is 5.23. The molecule has 1 aliphatic heterocycles. The Kier molecular flexibility index (Phi) is 4.34. The van der Waals surface area contributed by atoms with E-state index in [-0.39, 0.29) is 12.1 Å². The van der Waals surface area contributed by atoms with Crippen molar-refractivity contribution in [1.29, 1.82) is 0 Å². The molecular weight excluding hydrogens is 298 g/mol. The smallest absolute Gasteiger partial charge is 0.224 e. The molecule has 2 aromatic rings. The van der Waals surface area contributed by atoms with Crippen molar-refractivity contribution in [2.24, 2.45) is 5.73 Å². The second kappa shape index (κ2) is 6.77. The second-order valence-electron chi connectivity index (χ2n) is 6.88. The number of aromatic nitrogens is 2. The fourth-order valence-electron chi connectivity index (χ4n) is 3.79. The van der Waals surface area contributed by atoms with Crippen molar-refractivity contribution in [3.63, 3.8) is 0 Å². The minimum absolute atomic E-state index is 0.202. The number of fused-ring (bicyclic) bond motifs is 1. The molecule has 1 saturated carbocycles. The number of benzene rings is 1. The molecule has 2 aliphatic rings. The standard InChI is InChI=1S/C19H25N5/c20-16-7-3-4-8-17(16)22-19-21-11-9-18(23-19)24-12-10-14-5-1-2-6-15(14)13-24/h1-2,5-6,9,11,16-17H,3-4,7-8,10,12-13,20H2,(H,21,22,23). The minimum atomic E-state index is 0.202. The van der Waals surface area contributed by atoms with Gasteiger partial charge in [0.2, 0.25) is 5.95 Å². The van der Waals surface area contributed by atoms with Crippen LogP contribution < -0.4 is 16.0 Å². The first-order valence-electron chi connectivity index (χ1n) is 8.96. The SMILES string of the molecule is NC1CCCCC1Nc1nccc(N2CCc3ccccc3C2)n1. The van der Waals surface area contributed by atoms with Crippen molar-refractivity contribution in [2.75, 3.05) is 16.8 Å². The molecule has 1 aromatic heterocycles. The van der Waals surface area contributed by atoms with E-state index in [9.17, 15) is 0 Å². The van der Waals surface area contributed by atoms with Crippen LogP contribution in [0.25, 0.3) is 0 Å². The van der Waals surface area contributed by atoms with E-state index in [4.69, 9.17) is 10.7 Å². The Labute approximate surface area is 143 Å². The average molecular weight is 323 g/mol. The number of nitrogens with two attached hydrogens (primary N) is 1. The van der Waals surface area contributed by atoms with Gasteiger partial charge in [0.05, 0.1) is 0 Å². The minimum Gasteiger partial charge on any atom is -0.352 e. The maximum atomic E-state index is 6.23. The van der Waals surface area contributed by atoms with Gasteiger partial charge in [-0.05, 0) is 36.5 Å². The van der Waals surface area contributed by atoms with Crippen molar-refractivity contribution in [3.05, 3.63) is 47.7 Å². The van der Waals surface area contributed by atoms with E-state index in [1.54, 1.807) is 0 Å². The predicted molar refractivity (Wildman–Crippen MR) is 97.1 cm³/mol. The van der Waals surface area contributed by atoms with Crippen molar-refractivity contribution in [1.82, 2.24) is 9.97 Å². The van der Waals surface area contributed by atoms with Gasteiger partial charge in [-0.15, -0.1) is 0 Å². The zero-order valence-electron chi connectivity index (χ0n) is 14.0. The molecule has 1 aromatic carbocycles. The molecular formula is C19H25N5. The lowest BCUT2D eigenvalue weighted by Gasteiger charge is -2.31. The van der Waals surface area contributed by atoms with E-state index in [2.05, 4.69) is 39.5 Å². The Hall–Kier alpha value is -2.14. The maximum absolute atomic E-state index is 6.23. The zero-order chi connectivity index (χ0) is 16.4. The van der Waals surface area contributed by atoms with Gasteiger partial charge < -0.3 is 16.0 Å². The molecule has 126 valence electrons. The third-order valence-electron chi connectivity index (χ3n) is 5.23. The fourth-order valence-corrected chi connectivity index (χ4v) is 3.79. The van der Waals surface area contributed by atoms with Gasteiger partial charge in [0.15, 0.2) is 0 Å². The molecule has 24 heavy (non-hydrogen) atoms. The molecule has 2 heterocycles. The highest BCUT2D eigenvalue weighted by molar-refractivity contribution is 5.46. The highest BCUT2D eigenvalue weighted by Crippen LogP contribution is 2.24. The molecule has 5 nitrogen and oxygen atoms in total.